The number of rotatable bonds is 1. The molecule has 0 spiro atoms. The molecule has 0 radical (unpaired) electrons. The summed E-state index contributed by atoms with van der Waals surface area (Å²) in [6.45, 7) is 5.44. The molecule has 1 aliphatic rings. The SMILES string of the molecule is CC(C)(C)S(=O)N=C1CCC(F)(F)c2ccc(Br)cc21. The van der Waals surface area contributed by atoms with Gasteiger partial charge in [-0.25, -0.2) is 13.0 Å². The number of alkyl halides is 2. The second-order valence-electron chi connectivity index (χ2n) is 5.79. The molecule has 20 heavy (non-hydrogen) atoms. The summed E-state index contributed by atoms with van der Waals surface area (Å²) in [7, 11) is -1.45. The summed E-state index contributed by atoms with van der Waals surface area (Å²) in [5.41, 5.74) is 0.866. The largest absolute Gasteiger partial charge is 0.274 e. The molecule has 2 nitrogen and oxygen atoms in total. The molecule has 110 valence electrons. The average Bonchev–Trinajstić information content (AvgIpc) is 2.31. The first kappa shape index (κ1) is 15.8. The van der Waals surface area contributed by atoms with Crippen molar-refractivity contribution in [2.24, 2.45) is 4.40 Å². The quantitative estimate of drug-likeness (QED) is 0.717. The first-order chi connectivity index (χ1) is 9.11. The molecule has 0 heterocycles. The highest BCUT2D eigenvalue weighted by Gasteiger charge is 2.39. The predicted octanol–water partition coefficient (Wildman–Crippen LogP) is 4.59. The minimum atomic E-state index is -2.85. The van der Waals surface area contributed by atoms with E-state index in [1.807, 2.05) is 20.8 Å². The maximum Gasteiger partial charge on any atom is 0.274 e. The Labute approximate surface area is 128 Å². The predicted molar refractivity (Wildman–Crippen MR) is 81.7 cm³/mol. The molecule has 0 saturated heterocycles. The van der Waals surface area contributed by atoms with Crippen molar-refractivity contribution >= 4 is 32.6 Å². The Morgan fingerprint density at radius 3 is 2.60 bits per heavy atom. The summed E-state index contributed by atoms with van der Waals surface area (Å²) in [6.07, 6.45) is -0.153. The van der Waals surface area contributed by atoms with Crippen molar-refractivity contribution in [3.05, 3.63) is 33.8 Å². The second kappa shape index (κ2) is 5.30. The number of halogens is 3. The molecule has 0 fully saturated rings. The molecule has 2 rings (SSSR count). The first-order valence-corrected chi connectivity index (χ1v) is 8.19. The van der Waals surface area contributed by atoms with Crippen molar-refractivity contribution in [1.82, 2.24) is 0 Å². The van der Waals surface area contributed by atoms with Crippen molar-refractivity contribution in [3.8, 4) is 0 Å². The summed E-state index contributed by atoms with van der Waals surface area (Å²) in [5, 5.41) is 0. The van der Waals surface area contributed by atoms with Crippen molar-refractivity contribution in [3.63, 3.8) is 0 Å². The molecule has 1 atom stereocenters. The van der Waals surface area contributed by atoms with E-state index in [9.17, 15) is 13.0 Å². The van der Waals surface area contributed by atoms with Crippen LogP contribution in [-0.4, -0.2) is 14.7 Å². The zero-order valence-electron chi connectivity index (χ0n) is 11.5. The van der Waals surface area contributed by atoms with E-state index in [0.717, 1.165) is 0 Å². The lowest BCUT2D eigenvalue weighted by atomic mass is 9.87. The van der Waals surface area contributed by atoms with Crippen molar-refractivity contribution < 1.29 is 13.0 Å². The van der Waals surface area contributed by atoms with E-state index in [2.05, 4.69) is 20.3 Å². The maximum absolute atomic E-state index is 13.9. The van der Waals surface area contributed by atoms with Crippen LogP contribution in [-0.2, 0) is 16.9 Å². The highest BCUT2D eigenvalue weighted by molar-refractivity contribution is 9.10. The second-order valence-corrected chi connectivity index (χ2v) is 8.62. The van der Waals surface area contributed by atoms with Gasteiger partial charge in [-0.15, -0.1) is 0 Å². The van der Waals surface area contributed by atoms with Crippen LogP contribution in [0, 0.1) is 0 Å². The van der Waals surface area contributed by atoms with Gasteiger partial charge in [0.15, 0.2) is 0 Å². The van der Waals surface area contributed by atoms with Crippen molar-refractivity contribution in [2.45, 2.75) is 44.3 Å². The Balaban J connectivity index is 2.52. The molecule has 6 heteroatoms. The van der Waals surface area contributed by atoms with Gasteiger partial charge in [0, 0.05) is 22.0 Å². The van der Waals surface area contributed by atoms with Gasteiger partial charge in [0.25, 0.3) is 5.92 Å². The molecule has 0 aromatic heterocycles. The Kier molecular flexibility index (Phi) is 4.17. The fourth-order valence-corrected chi connectivity index (χ4v) is 2.98. The van der Waals surface area contributed by atoms with Crippen LogP contribution in [0.5, 0.6) is 0 Å². The molecule has 1 aliphatic carbocycles. The fraction of sp³-hybridized carbons (Fsp3) is 0.500. The standard InChI is InChI=1S/C14H16BrF2NOS/c1-13(2,3)20(19)18-12-6-7-14(16,17)11-5-4-9(15)8-10(11)12/h4-5,8H,6-7H2,1-3H3. The Morgan fingerprint density at radius 1 is 1.35 bits per heavy atom. The van der Waals surface area contributed by atoms with Crippen LogP contribution in [0.25, 0.3) is 0 Å². The van der Waals surface area contributed by atoms with Gasteiger partial charge >= 0.3 is 0 Å². The molecular weight excluding hydrogens is 348 g/mol. The van der Waals surface area contributed by atoms with Crippen LogP contribution in [0.3, 0.4) is 0 Å². The lowest BCUT2D eigenvalue weighted by molar-refractivity contribution is -0.0139. The maximum atomic E-state index is 13.9. The van der Waals surface area contributed by atoms with E-state index in [4.69, 9.17) is 0 Å². The van der Waals surface area contributed by atoms with E-state index in [1.165, 1.54) is 6.07 Å². The minimum Gasteiger partial charge on any atom is -0.234 e. The highest BCUT2D eigenvalue weighted by atomic mass is 79.9. The lowest BCUT2D eigenvalue weighted by Crippen LogP contribution is -2.27. The normalized spacial score (nSPS) is 21.6. The van der Waals surface area contributed by atoms with Crippen LogP contribution in [0.2, 0.25) is 0 Å². The number of fused-ring (bicyclic) bond motifs is 1. The number of nitrogens with zero attached hydrogens (tertiary/aromatic N) is 1. The number of hydrogen-bond acceptors (Lipinski definition) is 1. The lowest BCUT2D eigenvalue weighted by Gasteiger charge is -2.27. The molecule has 0 amide bonds. The Bertz CT molecular complexity index is 593. The van der Waals surface area contributed by atoms with Crippen LogP contribution >= 0.6 is 15.9 Å². The summed E-state index contributed by atoms with van der Waals surface area (Å²) in [6, 6.07) is 4.63. The van der Waals surface area contributed by atoms with E-state index >= 15 is 0 Å². The van der Waals surface area contributed by atoms with Crippen molar-refractivity contribution in [2.75, 3.05) is 0 Å². The summed E-state index contributed by atoms with van der Waals surface area (Å²) < 4.78 is 44.4. The van der Waals surface area contributed by atoms with Crippen LogP contribution in [0.15, 0.2) is 27.1 Å². The smallest absolute Gasteiger partial charge is 0.234 e. The Morgan fingerprint density at radius 2 is 2.00 bits per heavy atom. The van der Waals surface area contributed by atoms with Gasteiger partial charge in [0.1, 0.15) is 11.0 Å². The van der Waals surface area contributed by atoms with Crippen LogP contribution < -0.4 is 0 Å². The number of benzene rings is 1. The molecule has 0 N–H and O–H groups in total. The van der Waals surface area contributed by atoms with Gasteiger partial charge < -0.3 is 0 Å². The summed E-state index contributed by atoms with van der Waals surface area (Å²) >= 11 is 3.29. The van der Waals surface area contributed by atoms with E-state index in [1.54, 1.807) is 12.1 Å². The third kappa shape index (κ3) is 3.17. The molecule has 0 saturated carbocycles. The van der Waals surface area contributed by atoms with E-state index < -0.39 is 21.7 Å². The number of hydrogen-bond donors (Lipinski definition) is 0. The van der Waals surface area contributed by atoms with Gasteiger partial charge in [0.2, 0.25) is 0 Å². The molecule has 1 unspecified atom stereocenters. The molecular formula is C14H16BrF2NOS. The summed E-state index contributed by atoms with van der Waals surface area (Å²) in [5.74, 6) is -2.85. The third-order valence-electron chi connectivity index (χ3n) is 3.08. The van der Waals surface area contributed by atoms with E-state index in [0.29, 0.717) is 15.7 Å². The van der Waals surface area contributed by atoms with Crippen molar-refractivity contribution in [1.29, 1.82) is 0 Å². The monoisotopic (exact) mass is 363 g/mol. The Hall–Kier alpha value is -0.620. The van der Waals surface area contributed by atoms with E-state index in [-0.39, 0.29) is 18.4 Å². The van der Waals surface area contributed by atoms with Gasteiger partial charge in [-0.05, 0) is 39.3 Å². The van der Waals surface area contributed by atoms with Gasteiger partial charge in [-0.3, -0.25) is 0 Å². The highest BCUT2D eigenvalue weighted by Crippen LogP contribution is 2.41. The van der Waals surface area contributed by atoms with Crippen LogP contribution in [0.1, 0.15) is 44.7 Å². The molecule has 0 bridgehead atoms. The fourth-order valence-electron chi connectivity index (χ4n) is 1.95. The minimum absolute atomic E-state index is 0.0309. The van der Waals surface area contributed by atoms with Crippen LogP contribution in [0.4, 0.5) is 8.78 Å². The van der Waals surface area contributed by atoms with Gasteiger partial charge in [0.05, 0.1) is 10.5 Å². The molecule has 1 aromatic rings. The molecule has 0 aliphatic heterocycles. The average molecular weight is 364 g/mol. The first-order valence-electron chi connectivity index (χ1n) is 6.29. The molecule has 1 aromatic carbocycles. The third-order valence-corrected chi connectivity index (χ3v) is 5.01. The van der Waals surface area contributed by atoms with Gasteiger partial charge in [-0.1, -0.05) is 22.0 Å². The summed E-state index contributed by atoms with van der Waals surface area (Å²) in [4.78, 5) is 0. The topological polar surface area (TPSA) is 29.4 Å². The zero-order chi connectivity index (χ0) is 15.1. The van der Waals surface area contributed by atoms with Gasteiger partial charge in [-0.2, -0.15) is 4.40 Å². The zero-order valence-corrected chi connectivity index (χ0v) is 13.9.